The normalized spacial score (nSPS) is 12.1. The van der Waals surface area contributed by atoms with Gasteiger partial charge in [0, 0.05) is 6.54 Å². The lowest BCUT2D eigenvalue weighted by Gasteiger charge is -2.12. The Morgan fingerprint density at radius 3 is 2.70 bits per heavy atom. The van der Waals surface area contributed by atoms with Crippen LogP contribution in [0.2, 0.25) is 0 Å². The van der Waals surface area contributed by atoms with Gasteiger partial charge >= 0.3 is 0 Å². The minimum atomic E-state index is -0.0365. The van der Waals surface area contributed by atoms with E-state index in [0.29, 0.717) is 11.4 Å². The third-order valence-corrected chi connectivity index (χ3v) is 5.87. The van der Waals surface area contributed by atoms with Gasteiger partial charge in [-0.1, -0.05) is 43.3 Å². The number of thiazole rings is 1. The van der Waals surface area contributed by atoms with Gasteiger partial charge in [0.05, 0.1) is 10.6 Å². The monoisotopic (exact) mass is 342 g/mol. The molecule has 0 aliphatic carbocycles. The molecule has 1 N–H and O–H groups in total. The van der Waals surface area contributed by atoms with Crippen LogP contribution in [0.15, 0.2) is 47.8 Å². The fraction of sp³-hybridized carbons (Fsp3) is 0.222. The second-order valence-electron chi connectivity index (χ2n) is 5.43. The van der Waals surface area contributed by atoms with Gasteiger partial charge in [0.1, 0.15) is 9.88 Å². The Hall–Kier alpha value is -1.98. The van der Waals surface area contributed by atoms with E-state index in [0.717, 1.165) is 15.6 Å². The van der Waals surface area contributed by atoms with Gasteiger partial charge in [-0.3, -0.25) is 4.79 Å². The minimum absolute atomic E-state index is 0.0365. The highest BCUT2D eigenvalue weighted by atomic mass is 32.1. The summed E-state index contributed by atoms with van der Waals surface area (Å²) in [6.45, 7) is 4.63. The summed E-state index contributed by atoms with van der Waals surface area (Å²) in [5.74, 6) is 0.246. The van der Waals surface area contributed by atoms with E-state index in [-0.39, 0.29) is 11.8 Å². The van der Waals surface area contributed by atoms with Gasteiger partial charge in [0.15, 0.2) is 0 Å². The van der Waals surface area contributed by atoms with E-state index in [9.17, 15) is 4.79 Å². The topological polar surface area (TPSA) is 42.0 Å². The first-order chi connectivity index (χ1) is 11.1. The van der Waals surface area contributed by atoms with Crippen LogP contribution in [0.25, 0.3) is 9.88 Å². The average molecular weight is 342 g/mol. The molecule has 1 unspecified atom stereocenters. The van der Waals surface area contributed by atoms with Crippen molar-refractivity contribution >= 4 is 28.6 Å². The van der Waals surface area contributed by atoms with E-state index in [1.54, 1.807) is 11.3 Å². The molecule has 1 aromatic carbocycles. The van der Waals surface area contributed by atoms with Crippen molar-refractivity contribution in [2.45, 2.75) is 19.8 Å². The van der Waals surface area contributed by atoms with Crippen molar-refractivity contribution in [2.24, 2.45) is 0 Å². The molecule has 23 heavy (non-hydrogen) atoms. The lowest BCUT2D eigenvalue weighted by molar-refractivity contribution is 0.0955. The van der Waals surface area contributed by atoms with Crippen LogP contribution in [0.3, 0.4) is 0 Å². The first-order valence-corrected chi connectivity index (χ1v) is 9.19. The highest BCUT2D eigenvalue weighted by Gasteiger charge is 2.17. The number of nitrogens with one attached hydrogen (secondary N) is 1. The molecule has 0 aliphatic heterocycles. The van der Waals surface area contributed by atoms with Crippen molar-refractivity contribution in [1.82, 2.24) is 10.3 Å². The molecule has 0 saturated carbocycles. The third kappa shape index (κ3) is 3.68. The van der Waals surface area contributed by atoms with E-state index in [1.807, 2.05) is 42.6 Å². The van der Waals surface area contributed by atoms with Gasteiger partial charge in [-0.05, 0) is 29.9 Å². The first kappa shape index (κ1) is 15.9. The molecule has 5 heteroatoms. The Bertz CT molecular complexity index is 779. The van der Waals surface area contributed by atoms with Gasteiger partial charge in [-0.2, -0.15) is 0 Å². The zero-order valence-corrected chi connectivity index (χ0v) is 14.7. The summed E-state index contributed by atoms with van der Waals surface area (Å²) in [4.78, 5) is 18.8. The van der Waals surface area contributed by atoms with Crippen LogP contribution in [0, 0.1) is 6.92 Å². The first-order valence-electron chi connectivity index (χ1n) is 7.49. The van der Waals surface area contributed by atoms with E-state index in [1.165, 1.54) is 16.9 Å². The lowest BCUT2D eigenvalue weighted by atomic mass is 10.0. The van der Waals surface area contributed by atoms with Crippen LogP contribution in [-0.4, -0.2) is 17.4 Å². The Balaban J connectivity index is 1.67. The second kappa shape index (κ2) is 7.06. The molecule has 0 radical (unpaired) electrons. The predicted molar refractivity (Wildman–Crippen MR) is 97.4 cm³/mol. The maximum atomic E-state index is 12.4. The standard InChI is InChI=1S/C18H18N2OS2/c1-12(14-7-4-3-5-8-14)11-19-17(21)16-13(2)20-18(23-16)15-9-6-10-22-15/h3-10,12H,11H2,1-2H3,(H,19,21). The highest BCUT2D eigenvalue weighted by molar-refractivity contribution is 7.22. The van der Waals surface area contributed by atoms with Gasteiger partial charge in [-0.25, -0.2) is 4.98 Å². The molecule has 0 saturated heterocycles. The molecule has 2 aromatic heterocycles. The van der Waals surface area contributed by atoms with Crippen LogP contribution in [0.1, 0.15) is 33.8 Å². The van der Waals surface area contributed by atoms with Crippen molar-refractivity contribution in [2.75, 3.05) is 6.54 Å². The maximum absolute atomic E-state index is 12.4. The second-order valence-corrected chi connectivity index (χ2v) is 7.38. The Kier molecular flexibility index (Phi) is 4.88. The number of hydrogen-bond donors (Lipinski definition) is 1. The van der Waals surface area contributed by atoms with E-state index in [2.05, 4.69) is 29.4 Å². The Morgan fingerprint density at radius 1 is 1.22 bits per heavy atom. The molecule has 3 nitrogen and oxygen atoms in total. The molecule has 0 fully saturated rings. The molecule has 1 amide bonds. The summed E-state index contributed by atoms with van der Waals surface area (Å²) in [5, 5.41) is 5.97. The molecular formula is C18H18N2OS2. The molecule has 3 rings (SSSR count). The summed E-state index contributed by atoms with van der Waals surface area (Å²) in [6, 6.07) is 14.2. The van der Waals surface area contributed by atoms with Crippen molar-refractivity contribution in [1.29, 1.82) is 0 Å². The number of aromatic nitrogens is 1. The van der Waals surface area contributed by atoms with E-state index < -0.39 is 0 Å². The van der Waals surface area contributed by atoms with Gasteiger partial charge in [-0.15, -0.1) is 22.7 Å². The summed E-state index contributed by atoms with van der Waals surface area (Å²) < 4.78 is 0. The molecule has 3 aromatic rings. The van der Waals surface area contributed by atoms with Gasteiger partial charge in [0.25, 0.3) is 5.91 Å². The number of nitrogens with zero attached hydrogens (tertiary/aromatic N) is 1. The molecular weight excluding hydrogens is 324 g/mol. The number of carbonyl (C=O) groups is 1. The van der Waals surface area contributed by atoms with Crippen LogP contribution >= 0.6 is 22.7 Å². The highest BCUT2D eigenvalue weighted by Crippen LogP contribution is 2.31. The smallest absolute Gasteiger partial charge is 0.263 e. The van der Waals surface area contributed by atoms with Crippen molar-refractivity contribution < 1.29 is 4.79 Å². The number of amides is 1. The third-order valence-electron chi connectivity index (χ3n) is 3.67. The quantitative estimate of drug-likeness (QED) is 0.729. The fourth-order valence-corrected chi connectivity index (χ4v) is 4.12. The van der Waals surface area contributed by atoms with Crippen LogP contribution in [-0.2, 0) is 0 Å². The number of carbonyl (C=O) groups excluding carboxylic acids is 1. The zero-order valence-electron chi connectivity index (χ0n) is 13.1. The molecule has 118 valence electrons. The lowest BCUT2D eigenvalue weighted by Crippen LogP contribution is -2.27. The van der Waals surface area contributed by atoms with Crippen molar-refractivity contribution in [3.8, 4) is 9.88 Å². The van der Waals surface area contributed by atoms with E-state index >= 15 is 0 Å². The van der Waals surface area contributed by atoms with Crippen LogP contribution in [0.4, 0.5) is 0 Å². The zero-order chi connectivity index (χ0) is 16.2. The van der Waals surface area contributed by atoms with Gasteiger partial charge < -0.3 is 5.32 Å². The van der Waals surface area contributed by atoms with E-state index in [4.69, 9.17) is 0 Å². The summed E-state index contributed by atoms with van der Waals surface area (Å²) in [5.41, 5.74) is 2.02. The molecule has 0 aliphatic rings. The minimum Gasteiger partial charge on any atom is -0.351 e. The number of thiophene rings is 1. The SMILES string of the molecule is Cc1nc(-c2cccs2)sc1C(=O)NCC(C)c1ccccc1. The Morgan fingerprint density at radius 2 is 2.00 bits per heavy atom. The van der Waals surface area contributed by atoms with Crippen LogP contribution in [0.5, 0.6) is 0 Å². The summed E-state index contributed by atoms with van der Waals surface area (Å²) >= 11 is 3.10. The Labute approximate surface area is 144 Å². The van der Waals surface area contributed by atoms with Gasteiger partial charge in [0.2, 0.25) is 0 Å². The van der Waals surface area contributed by atoms with Crippen molar-refractivity contribution in [3.63, 3.8) is 0 Å². The number of rotatable bonds is 5. The molecule has 0 spiro atoms. The largest absolute Gasteiger partial charge is 0.351 e. The predicted octanol–water partition coefficient (Wildman–Crippen LogP) is 4.71. The molecule has 2 heterocycles. The number of hydrogen-bond acceptors (Lipinski definition) is 4. The molecule has 1 atom stereocenters. The average Bonchev–Trinajstić information content (AvgIpc) is 3.22. The molecule has 0 bridgehead atoms. The maximum Gasteiger partial charge on any atom is 0.263 e. The van der Waals surface area contributed by atoms with Crippen molar-refractivity contribution in [3.05, 3.63) is 64.0 Å². The summed E-state index contributed by atoms with van der Waals surface area (Å²) in [6.07, 6.45) is 0. The fourth-order valence-electron chi connectivity index (χ4n) is 2.34. The summed E-state index contributed by atoms with van der Waals surface area (Å²) in [7, 11) is 0. The van der Waals surface area contributed by atoms with Crippen LogP contribution < -0.4 is 5.32 Å². The number of benzene rings is 1. The number of aryl methyl sites for hydroxylation is 1.